The lowest BCUT2D eigenvalue weighted by atomic mass is 10.1. The number of nitrogens with zero attached hydrogens (tertiary/aromatic N) is 6. The maximum Gasteiger partial charge on any atom is 0.291 e. The maximum atomic E-state index is 12.4. The molecule has 0 bridgehead atoms. The zero-order valence-corrected chi connectivity index (χ0v) is 18.1. The van der Waals surface area contributed by atoms with Crippen molar-refractivity contribution in [3.8, 4) is 0 Å². The second kappa shape index (κ2) is 7.74. The van der Waals surface area contributed by atoms with Crippen molar-refractivity contribution in [3.63, 3.8) is 0 Å². The lowest BCUT2D eigenvalue weighted by Gasteiger charge is -2.22. The Bertz CT molecular complexity index is 916. The molecule has 1 saturated carbocycles. The van der Waals surface area contributed by atoms with Gasteiger partial charge in [0.2, 0.25) is 5.82 Å². The van der Waals surface area contributed by atoms with Gasteiger partial charge in [0.25, 0.3) is 5.91 Å². The highest BCUT2D eigenvalue weighted by Gasteiger charge is 2.30. The first-order chi connectivity index (χ1) is 13.8. The molecule has 1 amide bonds. The molecule has 0 aromatic carbocycles. The number of aromatic nitrogens is 4. The van der Waals surface area contributed by atoms with E-state index in [4.69, 9.17) is 0 Å². The molecule has 1 aliphatic heterocycles. The third-order valence-corrected chi connectivity index (χ3v) is 6.12. The highest BCUT2D eigenvalue weighted by Crippen LogP contribution is 2.41. The van der Waals surface area contributed by atoms with Gasteiger partial charge in [-0.05, 0) is 44.6 Å². The molecule has 8 nitrogen and oxygen atoms in total. The molecule has 1 atom stereocenters. The Balaban J connectivity index is 1.45. The van der Waals surface area contributed by atoms with E-state index in [1.165, 1.54) is 29.0 Å². The third kappa shape index (κ3) is 3.99. The van der Waals surface area contributed by atoms with E-state index in [9.17, 15) is 4.79 Å². The molecule has 1 saturated heterocycles. The van der Waals surface area contributed by atoms with Crippen LogP contribution in [0.1, 0.15) is 58.3 Å². The summed E-state index contributed by atoms with van der Waals surface area (Å²) in [4.78, 5) is 25.2. The van der Waals surface area contributed by atoms with Crippen LogP contribution in [0.25, 0.3) is 0 Å². The lowest BCUT2D eigenvalue weighted by molar-refractivity contribution is 0.0815. The monoisotopic (exact) mass is 397 g/mol. The van der Waals surface area contributed by atoms with Crippen molar-refractivity contribution in [1.82, 2.24) is 30.0 Å². The summed E-state index contributed by atoms with van der Waals surface area (Å²) in [5.74, 6) is 1.70. The van der Waals surface area contributed by atoms with E-state index in [1.807, 2.05) is 31.8 Å². The first-order valence-corrected chi connectivity index (χ1v) is 10.4. The van der Waals surface area contributed by atoms with Crippen LogP contribution in [0.3, 0.4) is 0 Å². The Morgan fingerprint density at radius 3 is 2.69 bits per heavy atom. The quantitative estimate of drug-likeness (QED) is 0.800. The van der Waals surface area contributed by atoms with Crippen molar-refractivity contribution in [1.29, 1.82) is 0 Å². The van der Waals surface area contributed by atoms with Crippen LogP contribution < -0.4 is 10.2 Å². The van der Waals surface area contributed by atoms with Gasteiger partial charge in [0.1, 0.15) is 5.82 Å². The predicted molar refractivity (Wildman–Crippen MR) is 112 cm³/mol. The number of rotatable bonds is 6. The topological polar surface area (TPSA) is 79.2 Å². The Labute approximate surface area is 172 Å². The molecule has 1 aliphatic carbocycles. The number of amides is 1. The fourth-order valence-electron chi connectivity index (χ4n) is 4.01. The zero-order chi connectivity index (χ0) is 20.7. The Morgan fingerprint density at radius 2 is 2.00 bits per heavy atom. The molecule has 2 fully saturated rings. The third-order valence-electron chi connectivity index (χ3n) is 6.12. The summed E-state index contributed by atoms with van der Waals surface area (Å²) < 4.78 is 2.00. The van der Waals surface area contributed by atoms with Crippen molar-refractivity contribution in [2.75, 3.05) is 32.1 Å². The van der Waals surface area contributed by atoms with Gasteiger partial charge in [0, 0.05) is 58.1 Å². The van der Waals surface area contributed by atoms with Gasteiger partial charge in [0.15, 0.2) is 0 Å². The molecule has 0 unspecified atom stereocenters. The van der Waals surface area contributed by atoms with Crippen LogP contribution in [0.4, 0.5) is 5.82 Å². The summed E-state index contributed by atoms with van der Waals surface area (Å²) in [5.41, 5.74) is 4.62. The molecule has 156 valence electrons. The zero-order valence-electron chi connectivity index (χ0n) is 18.1. The minimum atomic E-state index is -0.160. The first-order valence-electron chi connectivity index (χ1n) is 10.4. The van der Waals surface area contributed by atoms with E-state index in [1.54, 1.807) is 14.1 Å². The molecule has 1 N–H and O–H groups in total. The van der Waals surface area contributed by atoms with Gasteiger partial charge >= 0.3 is 0 Å². The van der Waals surface area contributed by atoms with Crippen LogP contribution >= 0.6 is 0 Å². The Hall–Kier alpha value is -2.48. The molecule has 4 rings (SSSR count). The molecule has 8 heteroatoms. The Morgan fingerprint density at radius 1 is 1.24 bits per heavy atom. The first kappa shape index (κ1) is 19.8. The van der Waals surface area contributed by atoms with Crippen LogP contribution in [-0.2, 0) is 13.6 Å². The summed E-state index contributed by atoms with van der Waals surface area (Å²) in [6, 6.07) is 0.389. The van der Waals surface area contributed by atoms with Crippen LogP contribution in [0.15, 0.2) is 6.20 Å². The van der Waals surface area contributed by atoms with Crippen molar-refractivity contribution in [3.05, 3.63) is 34.5 Å². The number of anilines is 1. The number of hydrogen-bond acceptors (Lipinski definition) is 6. The average Bonchev–Trinajstić information content (AvgIpc) is 3.31. The normalized spacial score (nSPS) is 19.1. The molecule has 2 aromatic rings. The van der Waals surface area contributed by atoms with E-state index in [0.717, 1.165) is 43.1 Å². The van der Waals surface area contributed by atoms with Crippen LogP contribution in [0.5, 0.6) is 0 Å². The summed E-state index contributed by atoms with van der Waals surface area (Å²) in [5, 5.41) is 8.18. The average molecular weight is 398 g/mol. The highest BCUT2D eigenvalue weighted by molar-refractivity contribution is 5.90. The van der Waals surface area contributed by atoms with Gasteiger partial charge in [0.05, 0.1) is 11.9 Å². The molecule has 0 spiro atoms. The van der Waals surface area contributed by atoms with Crippen molar-refractivity contribution in [2.24, 2.45) is 7.05 Å². The van der Waals surface area contributed by atoms with E-state index < -0.39 is 0 Å². The smallest absolute Gasteiger partial charge is 0.291 e. The summed E-state index contributed by atoms with van der Waals surface area (Å²) in [6.07, 6.45) is 5.66. The van der Waals surface area contributed by atoms with Crippen molar-refractivity contribution >= 4 is 11.7 Å². The van der Waals surface area contributed by atoms with Gasteiger partial charge in [-0.3, -0.25) is 9.48 Å². The van der Waals surface area contributed by atoms with E-state index in [-0.39, 0.29) is 11.7 Å². The molecule has 2 aliphatic rings. The standard InChI is InChI=1S/C21H31N7O/c1-13-14(2)24-19(21(29)26(3)4)25-20(13)28-9-8-16(12-28)22-11-18-17(15-6-7-15)10-23-27(18)5/h10,15-16,22H,6-9,11-12H2,1-5H3/t16-/m1/s1. The lowest BCUT2D eigenvalue weighted by Crippen LogP contribution is -2.34. The number of carbonyl (C=O) groups is 1. The molecule has 2 aromatic heterocycles. The second-order valence-electron chi connectivity index (χ2n) is 8.54. The van der Waals surface area contributed by atoms with Crippen LogP contribution in [0.2, 0.25) is 0 Å². The van der Waals surface area contributed by atoms with E-state index >= 15 is 0 Å². The van der Waals surface area contributed by atoms with Gasteiger partial charge in [-0.1, -0.05) is 0 Å². The molecular weight excluding hydrogens is 366 g/mol. The molecular formula is C21H31N7O. The Kier molecular flexibility index (Phi) is 5.29. The minimum absolute atomic E-state index is 0.160. The summed E-state index contributed by atoms with van der Waals surface area (Å²) in [7, 11) is 5.48. The SMILES string of the molecule is Cc1nc(C(=O)N(C)C)nc(N2CC[C@@H](NCc3c(C4CC4)cnn3C)C2)c1C. The number of aryl methyl sites for hydroxylation is 2. The minimum Gasteiger partial charge on any atom is -0.355 e. The van der Waals surface area contributed by atoms with Crippen molar-refractivity contribution in [2.45, 2.75) is 51.6 Å². The number of carbonyl (C=O) groups excluding carboxylic acids is 1. The molecule has 3 heterocycles. The number of nitrogens with one attached hydrogen (secondary N) is 1. The largest absolute Gasteiger partial charge is 0.355 e. The predicted octanol–water partition coefficient (Wildman–Crippen LogP) is 1.77. The maximum absolute atomic E-state index is 12.4. The number of hydrogen-bond donors (Lipinski definition) is 1. The van der Waals surface area contributed by atoms with Crippen molar-refractivity contribution < 1.29 is 4.79 Å². The highest BCUT2D eigenvalue weighted by atomic mass is 16.2. The van der Waals surface area contributed by atoms with E-state index in [0.29, 0.717) is 12.0 Å². The van der Waals surface area contributed by atoms with E-state index in [2.05, 4.69) is 25.3 Å². The van der Waals surface area contributed by atoms with Crippen LogP contribution in [-0.4, -0.2) is 63.8 Å². The second-order valence-corrected chi connectivity index (χ2v) is 8.54. The van der Waals surface area contributed by atoms with Crippen LogP contribution in [0, 0.1) is 13.8 Å². The molecule has 0 radical (unpaired) electrons. The van der Waals surface area contributed by atoms with Gasteiger partial charge in [-0.25, -0.2) is 9.97 Å². The summed E-state index contributed by atoms with van der Waals surface area (Å²) >= 11 is 0. The summed E-state index contributed by atoms with van der Waals surface area (Å²) in [6.45, 7) is 6.62. The van der Waals surface area contributed by atoms with Gasteiger partial charge in [-0.2, -0.15) is 5.10 Å². The molecule has 29 heavy (non-hydrogen) atoms. The van der Waals surface area contributed by atoms with Gasteiger partial charge in [-0.15, -0.1) is 0 Å². The fraction of sp³-hybridized carbons (Fsp3) is 0.619. The fourth-order valence-corrected chi connectivity index (χ4v) is 4.01. The van der Waals surface area contributed by atoms with Gasteiger partial charge < -0.3 is 15.1 Å².